The predicted molar refractivity (Wildman–Crippen MR) is 49.7 cm³/mol. The van der Waals surface area contributed by atoms with Crippen molar-refractivity contribution in [3.63, 3.8) is 0 Å². The van der Waals surface area contributed by atoms with Gasteiger partial charge >= 0.3 is 0 Å². The van der Waals surface area contributed by atoms with Crippen LogP contribution < -0.4 is 5.32 Å². The molecule has 2 fully saturated rings. The topological polar surface area (TPSA) is 44.7 Å². The summed E-state index contributed by atoms with van der Waals surface area (Å²) in [4.78, 5) is 2.32. The molecule has 0 spiro atoms. The van der Waals surface area contributed by atoms with E-state index in [4.69, 9.17) is 4.74 Å². The van der Waals surface area contributed by atoms with Gasteiger partial charge in [-0.25, -0.2) is 0 Å². The highest BCUT2D eigenvalue weighted by Crippen LogP contribution is 2.12. The molecule has 2 unspecified atom stereocenters. The van der Waals surface area contributed by atoms with Crippen molar-refractivity contribution in [3.05, 3.63) is 0 Å². The fraction of sp³-hybridized carbons (Fsp3) is 1.00. The number of likely N-dealkylation sites (N-methyl/N-ethyl adjacent to an activating group) is 1. The SMILES string of the molecule is CN(CC1CC(O)CN1)C1COC1. The Bertz CT molecular complexity index is 173. The molecule has 0 amide bonds. The molecule has 13 heavy (non-hydrogen) atoms. The van der Waals surface area contributed by atoms with Gasteiger partial charge in [-0.05, 0) is 13.5 Å². The van der Waals surface area contributed by atoms with Crippen molar-refractivity contribution in [1.29, 1.82) is 0 Å². The Morgan fingerprint density at radius 1 is 1.54 bits per heavy atom. The zero-order chi connectivity index (χ0) is 9.26. The molecule has 76 valence electrons. The highest BCUT2D eigenvalue weighted by molar-refractivity contribution is 4.85. The van der Waals surface area contributed by atoms with Crippen LogP contribution in [0.3, 0.4) is 0 Å². The van der Waals surface area contributed by atoms with Gasteiger partial charge in [-0.3, -0.25) is 4.90 Å². The number of ether oxygens (including phenoxy) is 1. The minimum atomic E-state index is -0.143. The molecule has 0 aromatic rings. The lowest BCUT2D eigenvalue weighted by Gasteiger charge is -2.35. The standard InChI is InChI=1S/C9H18N2O2/c1-11(8-5-13-6-8)4-7-2-9(12)3-10-7/h7-10,12H,2-6H2,1H3. The Kier molecular flexibility index (Phi) is 2.83. The van der Waals surface area contributed by atoms with E-state index in [1.807, 2.05) is 0 Å². The van der Waals surface area contributed by atoms with E-state index in [9.17, 15) is 5.11 Å². The smallest absolute Gasteiger partial charge is 0.0680 e. The number of nitrogens with one attached hydrogen (secondary N) is 1. The van der Waals surface area contributed by atoms with E-state index in [0.717, 1.165) is 32.7 Å². The first kappa shape index (κ1) is 9.40. The van der Waals surface area contributed by atoms with Crippen molar-refractivity contribution in [2.24, 2.45) is 0 Å². The molecule has 2 saturated heterocycles. The Morgan fingerprint density at radius 2 is 2.31 bits per heavy atom. The minimum Gasteiger partial charge on any atom is -0.392 e. The highest BCUT2D eigenvalue weighted by atomic mass is 16.5. The second-order valence-electron chi connectivity index (χ2n) is 4.13. The van der Waals surface area contributed by atoms with Gasteiger partial charge in [0.05, 0.1) is 25.4 Å². The fourth-order valence-corrected chi connectivity index (χ4v) is 1.91. The van der Waals surface area contributed by atoms with Crippen LogP contribution >= 0.6 is 0 Å². The van der Waals surface area contributed by atoms with Gasteiger partial charge in [-0.15, -0.1) is 0 Å². The summed E-state index contributed by atoms with van der Waals surface area (Å²) < 4.78 is 5.13. The highest BCUT2D eigenvalue weighted by Gasteiger charge is 2.28. The van der Waals surface area contributed by atoms with Gasteiger partial charge in [0.25, 0.3) is 0 Å². The average Bonchev–Trinajstić information content (AvgIpc) is 2.31. The van der Waals surface area contributed by atoms with Crippen molar-refractivity contribution < 1.29 is 9.84 Å². The third-order valence-electron chi connectivity index (χ3n) is 2.95. The number of hydrogen-bond donors (Lipinski definition) is 2. The normalized spacial score (nSPS) is 35.3. The lowest BCUT2D eigenvalue weighted by atomic mass is 10.1. The molecule has 0 saturated carbocycles. The van der Waals surface area contributed by atoms with Gasteiger partial charge in [0.1, 0.15) is 0 Å². The van der Waals surface area contributed by atoms with Crippen LogP contribution in [0.5, 0.6) is 0 Å². The molecular weight excluding hydrogens is 168 g/mol. The van der Waals surface area contributed by atoms with E-state index < -0.39 is 0 Å². The number of hydrogen-bond acceptors (Lipinski definition) is 4. The number of aliphatic hydroxyl groups is 1. The zero-order valence-electron chi connectivity index (χ0n) is 8.07. The Balaban J connectivity index is 1.71. The molecule has 2 N–H and O–H groups in total. The molecular formula is C9H18N2O2. The quantitative estimate of drug-likeness (QED) is 0.596. The summed E-state index contributed by atoms with van der Waals surface area (Å²) in [6.07, 6.45) is 0.744. The lowest BCUT2D eigenvalue weighted by molar-refractivity contribution is -0.0578. The first-order chi connectivity index (χ1) is 6.25. The van der Waals surface area contributed by atoms with Crippen molar-refractivity contribution in [1.82, 2.24) is 10.2 Å². The van der Waals surface area contributed by atoms with Gasteiger partial charge in [-0.2, -0.15) is 0 Å². The molecule has 4 heteroatoms. The van der Waals surface area contributed by atoms with Crippen molar-refractivity contribution in [3.8, 4) is 0 Å². The van der Waals surface area contributed by atoms with Crippen LogP contribution in [0, 0.1) is 0 Å². The van der Waals surface area contributed by atoms with E-state index in [2.05, 4.69) is 17.3 Å². The second-order valence-corrected chi connectivity index (χ2v) is 4.13. The van der Waals surface area contributed by atoms with Gasteiger partial charge in [0, 0.05) is 19.1 Å². The molecule has 0 aliphatic carbocycles. The van der Waals surface area contributed by atoms with Crippen molar-refractivity contribution >= 4 is 0 Å². The molecule has 2 aliphatic rings. The van der Waals surface area contributed by atoms with E-state index >= 15 is 0 Å². The fourth-order valence-electron chi connectivity index (χ4n) is 1.91. The van der Waals surface area contributed by atoms with E-state index in [1.165, 1.54) is 0 Å². The molecule has 4 nitrogen and oxygen atoms in total. The largest absolute Gasteiger partial charge is 0.392 e. The maximum atomic E-state index is 9.32. The van der Waals surface area contributed by atoms with Crippen LogP contribution in [-0.4, -0.2) is 61.5 Å². The van der Waals surface area contributed by atoms with Gasteiger partial charge < -0.3 is 15.2 Å². The molecule has 2 atom stereocenters. The van der Waals surface area contributed by atoms with E-state index in [-0.39, 0.29) is 6.10 Å². The molecule has 0 radical (unpaired) electrons. The van der Waals surface area contributed by atoms with Gasteiger partial charge in [0.2, 0.25) is 0 Å². The first-order valence-corrected chi connectivity index (χ1v) is 4.95. The number of nitrogens with zero attached hydrogens (tertiary/aromatic N) is 1. The summed E-state index contributed by atoms with van der Waals surface area (Å²) in [6.45, 7) is 3.50. The van der Waals surface area contributed by atoms with E-state index in [0.29, 0.717) is 12.1 Å². The summed E-state index contributed by atoms with van der Waals surface area (Å²) >= 11 is 0. The Morgan fingerprint density at radius 3 is 2.77 bits per heavy atom. The number of aliphatic hydroxyl groups excluding tert-OH is 1. The Hall–Kier alpha value is -0.160. The first-order valence-electron chi connectivity index (χ1n) is 4.95. The van der Waals surface area contributed by atoms with E-state index in [1.54, 1.807) is 0 Å². The molecule has 2 heterocycles. The van der Waals surface area contributed by atoms with Crippen LogP contribution in [0.2, 0.25) is 0 Å². The van der Waals surface area contributed by atoms with Crippen molar-refractivity contribution in [2.45, 2.75) is 24.6 Å². The van der Waals surface area contributed by atoms with Gasteiger partial charge in [0.15, 0.2) is 0 Å². The van der Waals surface area contributed by atoms with Crippen LogP contribution in [0.4, 0.5) is 0 Å². The minimum absolute atomic E-state index is 0.143. The summed E-state index contributed by atoms with van der Waals surface area (Å²) in [5.41, 5.74) is 0. The maximum absolute atomic E-state index is 9.32. The Labute approximate surface area is 78.9 Å². The summed E-state index contributed by atoms with van der Waals surface area (Å²) in [5, 5.41) is 12.6. The predicted octanol–water partition coefficient (Wildman–Crippen LogP) is -0.960. The summed E-state index contributed by atoms with van der Waals surface area (Å²) in [5.74, 6) is 0. The maximum Gasteiger partial charge on any atom is 0.0680 e. The average molecular weight is 186 g/mol. The molecule has 0 bridgehead atoms. The zero-order valence-corrected chi connectivity index (χ0v) is 8.07. The second kappa shape index (κ2) is 3.92. The number of β-amino-alcohol motifs (C(OH)–C–C–N with tert-alkyl or cyclic N) is 1. The summed E-state index contributed by atoms with van der Waals surface area (Å²) in [7, 11) is 2.12. The van der Waals surface area contributed by atoms with Crippen LogP contribution in [-0.2, 0) is 4.74 Å². The van der Waals surface area contributed by atoms with Gasteiger partial charge in [-0.1, -0.05) is 0 Å². The third kappa shape index (κ3) is 2.20. The molecule has 0 aromatic carbocycles. The third-order valence-corrected chi connectivity index (χ3v) is 2.95. The number of rotatable bonds is 3. The van der Waals surface area contributed by atoms with Crippen LogP contribution in [0.25, 0.3) is 0 Å². The summed E-state index contributed by atoms with van der Waals surface area (Å²) in [6, 6.07) is 1.06. The molecule has 2 aliphatic heterocycles. The van der Waals surface area contributed by atoms with Crippen molar-refractivity contribution in [2.75, 3.05) is 33.4 Å². The lowest BCUT2D eigenvalue weighted by Crippen LogP contribution is -2.50. The molecule has 0 aromatic heterocycles. The van der Waals surface area contributed by atoms with Crippen LogP contribution in [0.15, 0.2) is 0 Å². The van der Waals surface area contributed by atoms with Crippen LogP contribution in [0.1, 0.15) is 6.42 Å². The monoisotopic (exact) mass is 186 g/mol. The molecule has 2 rings (SSSR count).